The van der Waals surface area contributed by atoms with Gasteiger partial charge in [-0.1, -0.05) is 23.8 Å². The molecule has 0 aliphatic carbocycles. The summed E-state index contributed by atoms with van der Waals surface area (Å²) >= 11 is 1.40. The van der Waals surface area contributed by atoms with E-state index in [9.17, 15) is 13.2 Å². The Labute approximate surface area is 138 Å². The third-order valence-corrected chi connectivity index (χ3v) is 5.63. The molecule has 5 rings (SSSR count). The van der Waals surface area contributed by atoms with Crippen molar-refractivity contribution in [1.82, 2.24) is 4.98 Å². The lowest BCUT2D eigenvalue weighted by molar-refractivity contribution is -0.137. The van der Waals surface area contributed by atoms with E-state index in [2.05, 4.69) is 4.98 Å². The largest absolute Gasteiger partial charge is 0.416 e. The molecule has 2 aromatic heterocycles. The predicted octanol–water partition coefficient (Wildman–Crippen LogP) is 6.52. The molecule has 5 aromatic rings. The Morgan fingerprint density at radius 3 is 2.50 bits per heavy atom. The highest BCUT2D eigenvalue weighted by Crippen LogP contribution is 2.46. The van der Waals surface area contributed by atoms with Crippen LogP contribution in [0.4, 0.5) is 13.2 Å². The Morgan fingerprint density at radius 2 is 1.71 bits per heavy atom. The molecule has 0 saturated carbocycles. The number of rotatable bonds is 0. The van der Waals surface area contributed by atoms with Gasteiger partial charge < -0.3 is 0 Å². The highest BCUT2D eigenvalue weighted by Gasteiger charge is 2.32. The van der Waals surface area contributed by atoms with Gasteiger partial charge in [0.05, 0.1) is 11.1 Å². The fraction of sp³-hybridized carbons (Fsp3) is 0.105. The minimum absolute atomic E-state index is 0.597. The van der Waals surface area contributed by atoms with Crippen LogP contribution in [0.15, 0.2) is 42.6 Å². The van der Waals surface area contributed by atoms with Crippen LogP contribution in [0.2, 0.25) is 0 Å². The van der Waals surface area contributed by atoms with Crippen molar-refractivity contribution in [3.05, 3.63) is 53.7 Å². The predicted molar refractivity (Wildman–Crippen MR) is 93.1 cm³/mol. The van der Waals surface area contributed by atoms with Crippen molar-refractivity contribution >= 4 is 53.2 Å². The molecule has 0 fully saturated rings. The Balaban J connectivity index is 2.16. The molecule has 0 spiro atoms. The fourth-order valence-electron chi connectivity index (χ4n) is 3.51. The minimum atomic E-state index is -4.36. The second-order valence-electron chi connectivity index (χ2n) is 6.08. The fourth-order valence-corrected chi connectivity index (χ4v) is 4.68. The molecule has 2 heterocycles. The van der Waals surface area contributed by atoms with Crippen LogP contribution in [0.1, 0.15) is 11.1 Å². The Hall–Kier alpha value is -2.40. The number of fused-ring (bicyclic) bond motifs is 3. The van der Waals surface area contributed by atoms with E-state index in [0.717, 1.165) is 37.3 Å². The number of halogens is 3. The molecule has 0 radical (unpaired) electrons. The van der Waals surface area contributed by atoms with Crippen molar-refractivity contribution in [2.45, 2.75) is 13.1 Å². The summed E-state index contributed by atoms with van der Waals surface area (Å²) in [5.41, 5.74) is 1.28. The van der Waals surface area contributed by atoms with Gasteiger partial charge in [0.1, 0.15) is 0 Å². The van der Waals surface area contributed by atoms with E-state index in [1.807, 2.05) is 31.2 Å². The lowest BCUT2D eigenvalue weighted by Gasteiger charge is -2.12. The lowest BCUT2D eigenvalue weighted by Crippen LogP contribution is -2.04. The van der Waals surface area contributed by atoms with Crippen LogP contribution in [0.3, 0.4) is 0 Å². The summed E-state index contributed by atoms with van der Waals surface area (Å²) < 4.78 is 41.7. The molecule has 0 saturated heterocycles. The van der Waals surface area contributed by atoms with Crippen LogP contribution in [0.5, 0.6) is 0 Å². The number of alkyl halides is 3. The van der Waals surface area contributed by atoms with E-state index in [1.165, 1.54) is 23.5 Å². The van der Waals surface area contributed by atoms with Crippen molar-refractivity contribution in [3.8, 4) is 0 Å². The maximum Gasteiger partial charge on any atom is 0.416 e. The molecular formula is C19H10F3NS. The lowest BCUT2D eigenvalue weighted by atomic mass is 9.94. The smallest absolute Gasteiger partial charge is 0.255 e. The molecule has 0 unspecified atom stereocenters. The molecule has 1 nitrogen and oxygen atoms in total. The Morgan fingerprint density at radius 1 is 0.875 bits per heavy atom. The van der Waals surface area contributed by atoms with Crippen molar-refractivity contribution in [1.29, 1.82) is 0 Å². The van der Waals surface area contributed by atoms with Crippen LogP contribution in [-0.4, -0.2) is 4.98 Å². The molecule has 0 aliphatic heterocycles. The average Bonchev–Trinajstić information content (AvgIpc) is 2.91. The number of aryl methyl sites for hydroxylation is 1. The molecule has 5 heteroatoms. The van der Waals surface area contributed by atoms with Gasteiger partial charge in [-0.2, -0.15) is 13.2 Å². The van der Waals surface area contributed by atoms with Gasteiger partial charge >= 0.3 is 6.18 Å². The molecule has 0 bridgehead atoms. The zero-order valence-corrected chi connectivity index (χ0v) is 13.3. The number of hydrogen-bond acceptors (Lipinski definition) is 2. The van der Waals surface area contributed by atoms with E-state index in [4.69, 9.17) is 0 Å². The molecule has 3 aromatic carbocycles. The highest BCUT2D eigenvalue weighted by atomic mass is 32.1. The average molecular weight is 341 g/mol. The van der Waals surface area contributed by atoms with Crippen LogP contribution in [-0.2, 0) is 6.18 Å². The first kappa shape index (κ1) is 14.0. The van der Waals surface area contributed by atoms with E-state index in [1.54, 1.807) is 6.20 Å². The van der Waals surface area contributed by atoms with Gasteiger partial charge in [-0.25, -0.2) is 0 Å². The monoisotopic (exact) mass is 341 g/mol. The van der Waals surface area contributed by atoms with E-state index >= 15 is 0 Å². The molecular weight excluding hydrogens is 331 g/mol. The SMILES string of the molecule is Cc1ccc2c(c1)c1cc(C(F)(F)F)cc3sc4ccnc2c4c31. The standard InChI is InChI=1S/C19H10F3NS/c1-9-2-3-11-12(6-9)13-7-10(19(20,21)22)8-15-16(13)17-14(24-15)4-5-23-18(11)17/h2-8H,1H3. The van der Waals surface area contributed by atoms with Crippen LogP contribution in [0.25, 0.3) is 41.8 Å². The van der Waals surface area contributed by atoms with Crippen LogP contribution >= 0.6 is 11.3 Å². The van der Waals surface area contributed by atoms with Gasteiger partial charge in [0, 0.05) is 31.8 Å². The van der Waals surface area contributed by atoms with Crippen LogP contribution in [0, 0.1) is 6.92 Å². The topological polar surface area (TPSA) is 12.9 Å². The molecule has 118 valence electrons. The summed E-state index contributed by atoms with van der Waals surface area (Å²) in [4.78, 5) is 4.52. The molecule has 0 N–H and O–H groups in total. The van der Waals surface area contributed by atoms with Gasteiger partial charge in [0.25, 0.3) is 0 Å². The summed E-state index contributed by atoms with van der Waals surface area (Å²) in [5.74, 6) is 0. The molecule has 0 amide bonds. The molecule has 0 atom stereocenters. The summed E-state index contributed by atoms with van der Waals surface area (Å²) in [7, 11) is 0. The number of benzene rings is 3. The number of pyridine rings is 1. The minimum Gasteiger partial charge on any atom is -0.255 e. The summed E-state index contributed by atoms with van der Waals surface area (Å²) in [6.45, 7) is 1.95. The quantitative estimate of drug-likeness (QED) is 0.292. The van der Waals surface area contributed by atoms with Gasteiger partial charge in [-0.3, -0.25) is 4.98 Å². The summed E-state index contributed by atoms with van der Waals surface area (Å²) in [6, 6.07) is 10.3. The van der Waals surface area contributed by atoms with Gasteiger partial charge in [0.2, 0.25) is 0 Å². The van der Waals surface area contributed by atoms with Gasteiger partial charge in [-0.15, -0.1) is 11.3 Å². The van der Waals surface area contributed by atoms with E-state index in [0.29, 0.717) is 10.1 Å². The second-order valence-corrected chi connectivity index (χ2v) is 7.16. The summed E-state index contributed by atoms with van der Waals surface area (Å²) in [6.07, 6.45) is -2.63. The Kier molecular flexibility index (Phi) is 2.54. The van der Waals surface area contributed by atoms with Crippen LogP contribution < -0.4 is 0 Å². The van der Waals surface area contributed by atoms with Crippen molar-refractivity contribution in [3.63, 3.8) is 0 Å². The van der Waals surface area contributed by atoms with Gasteiger partial charge in [-0.05, 0) is 35.9 Å². The first-order valence-corrected chi connectivity index (χ1v) is 8.29. The zero-order valence-electron chi connectivity index (χ0n) is 12.5. The zero-order chi connectivity index (χ0) is 16.6. The van der Waals surface area contributed by atoms with Crippen molar-refractivity contribution in [2.75, 3.05) is 0 Å². The Bertz CT molecular complexity index is 1250. The number of thiophene rings is 1. The third kappa shape index (κ3) is 1.73. The molecule has 24 heavy (non-hydrogen) atoms. The van der Waals surface area contributed by atoms with E-state index < -0.39 is 11.7 Å². The number of hydrogen-bond donors (Lipinski definition) is 0. The maximum atomic E-state index is 13.4. The van der Waals surface area contributed by atoms with E-state index in [-0.39, 0.29) is 0 Å². The molecule has 0 aliphatic rings. The number of nitrogens with zero attached hydrogens (tertiary/aromatic N) is 1. The second kappa shape index (κ2) is 4.36. The highest BCUT2D eigenvalue weighted by molar-refractivity contribution is 7.26. The maximum absolute atomic E-state index is 13.4. The first-order valence-electron chi connectivity index (χ1n) is 7.47. The number of aromatic nitrogens is 1. The third-order valence-electron chi connectivity index (χ3n) is 4.53. The van der Waals surface area contributed by atoms with Gasteiger partial charge in [0.15, 0.2) is 0 Å². The summed E-state index contributed by atoms with van der Waals surface area (Å²) in [5, 5.41) is 4.25. The normalized spacial score (nSPS) is 13.0. The van der Waals surface area contributed by atoms with Crippen molar-refractivity contribution in [2.24, 2.45) is 0 Å². The van der Waals surface area contributed by atoms with Crippen molar-refractivity contribution < 1.29 is 13.2 Å². The first-order chi connectivity index (χ1) is 11.4.